The second-order valence-corrected chi connectivity index (χ2v) is 7.13. The van der Waals surface area contributed by atoms with E-state index in [0.29, 0.717) is 21.5 Å². The van der Waals surface area contributed by atoms with Gasteiger partial charge in [-0.05, 0) is 48.5 Å². The Balaban J connectivity index is 1.91. The third kappa shape index (κ3) is 5.01. The quantitative estimate of drug-likeness (QED) is 0.434. The molecule has 3 aromatic rings. The second-order valence-electron chi connectivity index (χ2n) is 6.21. The summed E-state index contributed by atoms with van der Waals surface area (Å²) in [7, 11) is 1.46. The van der Waals surface area contributed by atoms with Crippen molar-refractivity contribution in [3.8, 4) is 17.2 Å². The number of carbonyl (C=O) groups excluding carboxylic acids is 1. The zero-order valence-corrected chi connectivity index (χ0v) is 17.7. The maximum Gasteiger partial charge on any atom is 0.336 e. The number of carboxylic acids is 2. The fraction of sp³-hybridized carbons (Fsp3) is 0.0455. The SMILES string of the molecule is COc1ccc(Br)cc1C(=O)Nc1ccccc1Oc1ccc(C(=O)O)c(C(=O)O)c1. The van der Waals surface area contributed by atoms with Crippen LogP contribution in [-0.4, -0.2) is 35.2 Å². The Morgan fingerprint density at radius 2 is 1.55 bits per heavy atom. The van der Waals surface area contributed by atoms with Crippen LogP contribution in [0.1, 0.15) is 31.1 Å². The van der Waals surface area contributed by atoms with E-state index in [1.165, 1.54) is 13.2 Å². The van der Waals surface area contributed by atoms with Gasteiger partial charge in [-0.25, -0.2) is 9.59 Å². The zero-order valence-electron chi connectivity index (χ0n) is 16.1. The fourth-order valence-electron chi connectivity index (χ4n) is 2.78. The normalized spacial score (nSPS) is 10.3. The molecule has 0 aliphatic carbocycles. The van der Waals surface area contributed by atoms with Gasteiger partial charge in [0.15, 0.2) is 5.75 Å². The fourth-order valence-corrected chi connectivity index (χ4v) is 3.14. The number of aromatic carboxylic acids is 2. The largest absolute Gasteiger partial charge is 0.496 e. The Morgan fingerprint density at radius 3 is 2.23 bits per heavy atom. The topological polar surface area (TPSA) is 122 Å². The molecular formula is C22H16BrNO7. The molecule has 1 amide bonds. The molecule has 0 aromatic heterocycles. The summed E-state index contributed by atoms with van der Waals surface area (Å²) in [5.74, 6) is -2.48. The van der Waals surface area contributed by atoms with Crippen LogP contribution in [0.4, 0.5) is 5.69 Å². The highest BCUT2D eigenvalue weighted by Gasteiger charge is 2.19. The number of hydrogen-bond donors (Lipinski definition) is 3. The molecule has 0 bridgehead atoms. The van der Waals surface area contributed by atoms with E-state index in [9.17, 15) is 19.5 Å². The highest BCUT2D eigenvalue weighted by molar-refractivity contribution is 9.10. The van der Waals surface area contributed by atoms with Crippen LogP contribution in [0.25, 0.3) is 0 Å². The summed E-state index contributed by atoms with van der Waals surface area (Å²) < 4.78 is 11.7. The van der Waals surface area contributed by atoms with E-state index in [1.54, 1.807) is 42.5 Å². The van der Waals surface area contributed by atoms with Gasteiger partial charge in [-0.2, -0.15) is 0 Å². The molecule has 3 aromatic carbocycles. The number of nitrogens with one attached hydrogen (secondary N) is 1. The molecule has 0 unspecified atom stereocenters. The molecule has 0 fully saturated rings. The molecule has 3 N–H and O–H groups in total. The summed E-state index contributed by atoms with van der Waals surface area (Å²) in [5, 5.41) is 21.2. The maximum atomic E-state index is 12.8. The van der Waals surface area contributed by atoms with E-state index in [1.807, 2.05) is 0 Å². The van der Waals surface area contributed by atoms with E-state index in [2.05, 4.69) is 21.2 Å². The standard InChI is InChI=1S/C22H16BrNO7/c1-30-18-9-6-12(23)10-16(18)20(25)24-17-4-2-3-5-19(17)31-13-7-8-14(21(26)27)15(11-13)22(28)29/h2-11H,1H3,(H,24,25)(H,26,27)(H,28,29). The Labute approximate surface area is 185 Å². The lowest BCUT2D eigenvalue weighted by molar-refractivity contribution is 0.0651. The van der Waals surface area contributed by atoms with Gasteiger partial charge in [-0.1, -0.05) is 28.1 Å². The molecule has 0 radical (unpaired) electrons. The van der Waals surface area contributed by atoms with E-state index in [4.69, 9.17) is 14.6 Å². The Kier molecular flexibility index (Phi) is 6.56. The van der Waals surface area contributed by atoms with Crippen LogP contribution in [-0.2, 0) is 0 Å². The summed E-state index contributed by atoms with van der Waals surface area (Å²) in [5.41, 5.74) is -0.145. The first kappa shape index (κ1) is 21.8. The molecule has 0 spiro atoms. The number of amides is 1. The molecule has 0 atom stereocenters. The molecular weight excluding hydrogens is 470 g/mol. The molecule has 31 heavy (non-hydrogen) atoms. The second kappa shape index (κ2) is 9.31. The number of rotatable bonds is 7. The van der Waals surface area contributed by atoms with Gasteiger partial charge in [0.2, 0.25) is 0 Å². The van der Waals surface area contributed by atoms with Crippen molar-refractivity contribution in [3.63, 3.8) is 0 Å². The van der Waals surface area contributed by atoms with Crippen molar-refractivity contribution >= 4 is 39.5 Å². The smallest absolute Gasteiger partial charge is 0.336 e. The van der Waals surface area contributed by atoms with Crippen LogP contribution >= 0.6 is 15.9 Å². The third-order valence-electron chi connectivity index (χ3n) is 4.22. The van der Waals surface area contributed by atoms with Gasteiger partial charge in [-0.3, -0.25) is 4.79 Å². The average molecular weight is 486 g/mol. The van der Waals surface area contributed by atoms with Gasteiger partial charge in [0.25, 0.3) is 5.91 Å². The van der Waals surface area contributed by atoms with Crippen molar-refractivity contribution in [1.82, 2.24) is 0 Å². The Morgan fingerprint density at radius 1 is 0.839 bits per heavy atom. The molecule has 8 nitrogen and oxygen atoms in total. The zero-order chi connectivity index (χ0) is 22.5. The minimum atomic E-state index is -1.40. The molecule has 0 saturated carbocycles. The van der Waals surface area contributed by atoms with Crippen molar-refractivity contribution < 1.29 is 34.1 Å². The van der Waals surface area contributed by atoms with Crippen LogP contribution in [0, 0.1) is 0 Å². The van der Waals surface area contributed by atoms with Crippen molar-refractivity contribution in [1.29, 1.82) is 0 Å². The third-order valence-corrected chi connectivity index (χ3v) is 4.71. The van der Waals surface area contributed by atoms with Crippen LogP contribution in [0.15, 0.2) is 65.1 Å². The van der Waals surface area contributed by atoms with Gasteiger partial charge in [0.1, 0.15) is 11.5 Å². The van der Waals surface area contributed by atoms with Crippen LogP contribution in [0.3, 0.4) is 0 Å². The molecule has 158 valence electrons. The summed E-state index contributed by atoms with van der Waals surface area (Å²) in [4.78, 5) is 35.4. The van der Waals surface area contributed by atoms with Gasteiger partial charge in [0, 0.05) is 4.47 Å². The Hall–Kier alpha value is -3.85. The molecule has 0 aliphatic heterocycles. The molecule has 0 aliphatic rings. The first-order chi connectivity index (χ1) is 14.8. The molecule has 0 saturated heterocycles. The Bertz CT molecular complexity index is 1180. The van der Waals surface area contributed by atoms with Crippen LogP contribution < -0.4 is 14.8 Å². The lowest BCUT2D eigenvalue weighted by Gasteiger charge is -2.14. The number of benzene rings is 3. The summed E-state index contributed by atoms with van der Waals surface area (Å²) in [6.07, 6.45) is 0. The van der Waals surface area contributed by atoms with Gasteiger partial charge >= 0.3 is 11.9 Å². The summed E-state index contributed by atoms with van der Waals surface area (Å²) in [6.45, 7) is 0. The van der Waals surface area contributed by atoms with E-state index >= 15 is 0 Å². The number of carbonyl (C=O) groups is 3. The van der Waals surface area contributed by atoms with Gasteiger partial charge < -0.3 is 25.0 Å². The predicted molar refractivity (Wildman–Crippen MR) is 116 cm³/mol. The monoisotopic (exact) mass is 485 g/mol. The first-order valence-electron chi connectivity index (χ1n) is 8.82. The van der Waals surface area contributed by atoms with Crippen LogP contribution in [0.5, 0.6) is 17.2 Å². The number of hydrogen-bond acceptors (Lipinski definition) is 5. The van der Waals surface area contributed by atoms with E-state index < -0.39 is 23.4 Å². The number of para-hydroxylation sites is 2. The number of anilines is 1. The maximum absolute atomic E-state index is 12.8. The highest BCUT2D eigenvalue weighted by atomic mass is 79.9. The minimum absolute atomic E-state index is 0.101. The summed E-state index contributed by atoms with van der Waals surface area (Å²) >= 11 is 3.32. The number of halogens is 1. The van der Waals surface area contributed by atoms with E-state index in [0.717, 1.165) is 12.1 Å². The summed E-state index contributed by atoms with van der Waals surface area (Å²) in [6, 6.07) is 15.2. The number of methoxy groups -OCH3 is 1. The molecule has 3 rings (SSSR count). The van der Waals surface area contributed by atoms with Crippen LogP contribution in [0.2, 0.25) is 0 Å². The van der Waals surface area contributed by atoms with Gasteiger partial charge in [0.05, 0.1) is 29.5 Å². The number of carboxylic acid groups (broad SMARTS) is 2. The highest BCUT2D eigenvalue weighted by Crippen LogP contribution is 2.32. The van der Waals surface area contributed by atoms with Crippen molar-refractivity contribution in [2.75, 3.05) is 12.4 Å². The lowest BCUT2D eigenvalue weighted by atomic mass is 10.1. The van der Waals surface area contributed by atoms with Gasteiger partial charge in [-0.15, -0.1) is 0 Å². The predicted octanol–water partition coefficient (Wildman–Crippen LogP) is 4.90. The van der Waals surface area contributed by atoms with Crippen molar-refractivity contribution in [2.45, 2.75) is 0 Å². The molecule has 0 heterocycles. The minimum Gasteiger partial charge on any atom is -0.496 e. The first-order valence-corrected chi connectivity index (χ1v) is 9.62. The van der Waals surface area contributed by atoms with Crippen molar-refractivity contribution in [2.24, 2.45) is 0 Å². The lowest BCUT2D eigenvalue weighted by Crippen LogP contribution is -2.14. The molecule has 9 heteroatoms. The van der Waals surface area contributed by atoms with E-state index in [-0.39, 0.29) is 17.1 Å². The van der Waals surface area contributed by atoms with Crippen molar-refractivity contribution in [3.05, 3.63) is 81.8 Å². The average Bonchev–Trinajstić information content (AvgIpc) is 2.74. The number of ether oxygens (including phenoxy) is 2.